The monoisotopic (exact) mass is 217 g/mol. The lowest BCUT2D eigenvalue weighted by molar-refractivity contribution is 0.141. The number of nitrogen functional groups attached to an aromatic ring is 1. The Balaban J connectivity index is 2.21. The van der Waals surface area contributed by atoms with Gasteiger partial charge in [0.15, 0.2) is 0 Å². The molecule has 0 spiro atoms. The summed E-state index contributed by atoms with van der Waals surface area (Å²) in [5.74, 6) is 0.474. The predicted molar refractivity (Wildman–Crippen MR) is 60.6 cm³/mol. The second-order valence-corrected chi connectivity index (χ2v) is 4.49. The molecule has 1 fully saturated rings. The molecule has 2 N–H and O–H groups in total. The van der Waals surface area contributed by atoms with Crippen LogP contribution in [0.25, 0.3) is 0 Å². The quantitative estimate of drug-likeness (QED) is 0.829. The van der Waals surface area contributed by atoms with E-state index in [1.807, 2.05) is 0 Å². The molecule has 1 heterocycles. The molecule has 0 bridgehead atoms. The SMILES string of the molecule is COCC1(Cc2cc(N)ncc2C#N)CC1. The van der Waals surface area contributed by atoms with Crippen molar-refractivity contribution in [2.45, 2.75) is 19.3 Å². The Labute approximate surface area is 95.0 Å². The molecule has 0 unspecified atom stereocenters. The van der Waals surface area contributed by atoms with Gasteiger partial charge >= 0.3 is 0 Å². The van der Waals surface area contributed by atoms with E-state index in [4.69, 9.17) is 15.7 Å². The molecule has 0 aliphatic heterocycles. The van der Waals surface area contributed by atoms with Gasteiger partial charge < -0.3 is 10.5 Å². The van der Waals surface area contributed by atoms with Crippen molar-refractivity contribution in [2.24, 2.45) is 5.41 Å². The maximum atomic E-state index is 8.99. The smallest absolute Gasteiger partial charge is 0.123 e. The lowest BCUT2D eigenvalue weighted by Crippen LogP contribution is -2.13. The number of nitrogens with two attached hydrogens (primary N) is 1. The Hall–Kier alpha value is -1.60. The molecule has 1 aliphatic rings. The summed E-state index contributed by atoms with van der Waals surface area (Å²) in [5, 5.41) is 8.99. The lowest BCUT2D eigenvalue weighted by atomic mass is 9.95. The maximum Gasteiger partial charge on any atom is 0.123 e. The van der Waals surface area contributed by atoms with E-state index in [0.717, 1.165) is 31.4 Å². The third-order valence-electron chi connectivity index (χ3n) is 3.10. The Morgan fingerprint density at radius 2 is 2.38 bits per heavy atom. The van der Waals surface area contributed by atoms with Crippen LogP contribution in [0.15, 0.2) is 12.3 Å². The third kappa shape index (κ3) is 2.15. The van der Waals surface area contributed by atoms with Crippen LogP contribution in [0.2, 0.25) is 0 Å². The summed E-state index contributed by atoms with van der Waals surface area (Å²) in [7, 11) is 1.71. The summed E-state index contributed by atoms with van der Waals surface area (Å²) in [5.41, 5.74) is 7.49. The molecule has 2 rings (SSSR count). The number of pyridine rings is 1. The average molecular weight is 217 g/mol. The van der Waals surface area contributed by atoms with Gasteiger partial charge in [0.25, 0.3) is 0 Å². The second-order valence-electron chi connectivity index (χ2n) is 4.49. The van der Waals surface area contributed by atoms with Gasteiger partial charge in [-0.1, -0.05) is 0 Å². The third-order valence-corrected chi connectivity index (χ3v) is 3.10. The van der Waals surface area contributed by atoms with E-state index in [1.54, 1.807) is 19.4 Å². The zero-order valence-electron chi connectivity index (χ0n) is 9.36. The number of anilines is 1. The number of hydrogen-bond donors (Lipinski definition) is 1. The zero-order chi connectivity index (χ0) is 11.6. The molecule has 4 nitrogen and oxygen atoms in total. The molecule has 1 saturated carbocycles. The summed E-state index contributed by atoms with van der Waals surface area (Å²) < 4.78 is 5.22. The minimum atomic E-state index is 0.230. The first-order chi connectivity index (χ1) is 7.69. The number of nitrogens with zero attached hydrogens (tertiary/aromatic N) is 2. The van der Waals surface area contributed by atoms with Crippen molar-refractivity contribution in [1.29, 1.82) is 5.26 Å². The molecule has 1 aromatic heterocycles. The Morgan fingerprint density at radius 3 is 2.94 bits per heavy atom. The van der Waals surface area contributed by atoms with Crippen LogP contribution < -0.4 is 5.73 Å². The summed E-state index contributed by atoms with van der Waals surface area (Å²) >= 11 is 0. The summed E-state index contributed by atoms with van der Waals surface area (Å²) in [6.45, 7) is 0.750. The minimum absolute atomic E-state index is 0.230. The van der Waals surface area contributed by atoms with Crippen LogP contribution in [0.4, 0.5) is 5.82 Å². The zero-order valence-corrected chi connectivity index (χ0v) is 9.36. The summed E-state index contributed by atoms with van der Waals surface area (Å²) in [4.78, 5) is 3.93. The van der Waals surface area contributed by atoms with Crippen LogP contribution in [-0.2, 0) is 11.2 Å². The number of methoxy groups -OCH3 is 1. The van der Waals surface area contributed by atoms with E-state index in [2.05, 4.69) is 11.1 Å². The fourth-order valence-corrected chi connectivity index (χ4v) is 2.02. The fourth-order valence-electron chi connectivity index (χ4n) is 2.02. The van der Waals surface area contributed by atoms with Crippen LogP contribution in [0, 0.1) is 16.7 Å². The molecule has 0 atom stereocenters. The molecule has 0 amide bonds. The van der Waals surface area contributed by atoms with Gasteiger partial charge in [-0.15, -0.1) is 0 Å². The first-order valence-corrected chi connectivity index (χ1v) is 5.32. The summed E-state index contributed by atoms with van der Waals surface area (Å²) in [6, 6.07) is 3.96. The molecule has 0 aromatic carbocycles. The standard InChI is InChI=1S/C12H15N3O/c1-16-8-12(2-3-12)5-9-4-11(14)15-7-10(9)6-13/h4,7H,2-3,5,8H2,1H3,(H2,14,15). The van der Waals surface area contributed by atoms with E-state index in [0.29, 0.717) is 11.4 Å². The molecule has 0 radical (unpaired) electrons. The Kier molecular flexibility index (Phi) is 2.80. The van der Waals surface area contributed by atoms with E-state index >= 15 is 0 Å². The van der Waals surface area contributed by atoms with E-state index in [-0.39, 0.29) is 5.41 Å². The highest BCUT2D eigenvalue weighted by molar-refractivity contribution is 5.43. The molecular formula is C12H15N3O. The minimum Gasteiger partial charge on any atom is -0.384 e. The first kappa shape index (κ1) is 10.9. The highest BCUT2D eigenvalue weighted by atomic mass is 16.5. The largest absolute Gasteiger partial charge is 0.384 e. The number of ether oxygens (including phenoxy) is 1. The van der Waals surface area contributed by atoms with Gasteiger partial charge in [-0.2, -0.15) is 5.26 Å². The van der Waals surface area contributed by atoms with Crippen LogP contribution in [0.5, 0.6) is 0 Å². The topological polar surface area (TPSA) is 71.9 Å². The van der Waals surface area contributed by atoms with Crippen LogP contribution >= 0.6 is 0 Å². The van der Waals surface area contributed by atoms with Gasteiger partial charge in [0, 0.05) is 13.3 Å². The van der Waals surface area contributed by atoms with Crippen LogP contribution in [0.3, 0.4) is 0 Å². The second kappa shape index (κ2) is 4.11. The van der Waals surface area contributed by atoms with E-state index < -0.39 is 0 Å². The van der Waals surface area contributed by atoms with Crippen molar-refractivity contribution in [3.8, 4) is 6.07 Å². The molecule has 0 saturated heterocycles. The van der Waals surface area contributed by atoms with Crippen molar-refractivity contribution in [3.63, 3.8) is 0 Å². The molecular weight excluding hydrogens is 202 g/mol. The lowest BCUT2D eigenvalue weighted by Gasteiger charge is -2.14. The molecule has 4 heteroatoms. The van der Waals surface area contributed by atoms with Crippen molar-refractivity contribution in [1.82, 2.24) is 4.98 Å². The number of nitriles is 1. The molecule has 1 aromatic rings. The fraction of sp³-hybridized carbons (Fsp3) is 0.500. The maximum absolute atomic E-state index is 8.99. The van der Waals surface area contributed by atoms with Gasteiger partial charge in [-0.05, 0) is 36.3 Å². The van der Waals surface area contributed by atoms with Crippen molar-refractivity contribution < 1.29 is 4.74 Å². The van der Waals surface area contributed by atoms with E-state index in [9.17, 15) is 0 Å². The molecule has 16 heavy (non-hydrogen) atoms. The van der Waals surface area contributed by atoms with Crippen molar-refractivity contribution in [2.75, 3.05) is 19.5 Å². The Morgan fingerprint density at radius 1 is 1.62 bits per heavy atom. The number of rotatable bonds is 4. The average Bonchev–Trinajstić information content (AvgIpc) is 2.99. The number of hydrogen-bond acceptors (Lipinski definition) is 4. The van der Waals surface area contributed by atoms with Crippen molar-refractivity contribution in [3.05, 3.63) is 23.4 Å². The van der Waals surface area contributed by atoms with Gasteiger partial charge in [-0.3, -0.25) is 0 Å². The first-order valence-electron chi connectivity index (χ1n) is 5.32. The predicted octanol–water partition coefficient (Wildman–Crippen LogP) is 1.50. The highest BCUT2D eigenvalue weighted by Crippen LogP contribution is 2.48. The highest BCUT2D eigenvalue weighted by Gasteiger charge is 2.42. The van der Waals surface area contributed by atoms with Gasteiger partial charge in [0.1, 0.15) is 11.9 Å². The van der Waals surface area contributed by atoms with Crippen LogP contribution in [0.1, 0.15) is 24.0 Å². The van der Waals surface area contributed by atoms with Crippen LogP contribution in [-0.4, -0.2) is 18.7 Å². The summed E-state index contributed by atoms with van der Waals surface area (Å²) in [6.07, 6.45) is 4.73. The normalized spacial score (nSPS) is 16.8. The van der Waals surface area contributed by atoms with Gasteiger partial charge in [0.2, 0.25) is 0 Å². The van der Waals surface area contributed by atoms with Gasteiger partial charge in [-0.25, -0.2) is 4.98 Å². The van der Waals surface area contributed by atoms with Gasteiger partial charge in [0.05, 0.1) is 12.2 Å². The van der Waals surface area contributed by atoms with E-state index in [1.165, 1.54) is 0 Å². The Bertz CT molecular complexity index is 432. The van der Waals surface area contributed by atoms with Crippen molar-refractivity contribution >= 4 is 5.82 Å². The molecule has 1 aliphatic carbocycles. The molecule has 84 valence electrons. The number of aromatic nitrogens is 1.